The molecule has 0 radical (unpaired) electrons. The molecule has 3 atom stereocenters. The quantitative estimate of drug-likeness (QED) is 0.188. The summed E-state index contributed by atoms with van der Waals surface area (Å²) in [6, 6.07) is 7.69. The van der Waals surface area contributed by atoms with Gasteiger partial charge in [0.1, 0.15) is 22.8 Å². The number of hydrogen-bond donors (Lipinski definition) is 5. The van der Waals surface area contributed by atoms with Crippen LogP contribution in [0.25, 0.3) is 16.9 Å². The summed E-state index contributed by atoms with van der Waals surface area (Å²) in [5, 5.41) is 60.3. The molecule has 11 nitrogen and oxygen atoms in total. The van der Waals surface area contributed by atoms with Crippen LogP contribution >= 0.6 is 0 Å². The van der Waals surface area contributed by atoms with Gasteiger partial charge in [0.15, 0.2) is 11.4 Å². The largest absolute Gasteiger partial charge is 0.508 e. The van der Waals surface area contributed by atoms with Crippen molar-refractivity contribution in [1.82, 2.24) is 5.32 Å². The maximum Gasteiger partial charge on any atom is 0.270 e. The number of carbonyl (C=O) groups is 3. The molecule has 3 unspecified atom stereocenters. The fourth-order valence-electron chi connectivity index (χ4n) is 6.69. The summed E-state index contributed by atoms with van der Waals surface area (Å²) in [7, 11) is 0. The van der Waals surface area contributed by atoms with Crippen LogP contribution < -0.4 is 5.32 Å². The van der Waals surface area contributed by atoms with Gasteiger partial charge in [-0.15, -0.1) is 0 Å². The van der Waals surface area contributed by atoms with Gasteiger partial charge in [-0.1, -0.05) is 32.9 Å². The molecule has 44 heavy (non-hydrogen) atoms. The van der Waals surface area contributed by atoms with E-state index >= 15 is 0 Å². The van der Waals surface area contributed by atoms with Crippen LogP contribution in [-0.2, 0) is 26.2 Å². The fraction of sp³-hybridized carbons (Fsp3) is 0.424. The second kappa shape index (κ2) is 10.0. The molecule has 2 aromatic carbocycles. The van der Waals surface area contributed by atoms with Crippen molar-refractivity contribution in [3.05, 3.63) is 74.0 Å². The molecule has 0 aromatic heterocycles. The van der Waals surface area contributed by atoms with E-state index in [1.54, 1.807) is 32.9 Å². The van der Waals surface area contributed by atoms with Gasteiger partial charge in [0.25, 0.3) is 11.6 Å². The number of aliphatic hydroxyl groups is 3. The number of phenols is 1. The normalized spacial score (nSPS) is 23.6. The summed E-state index contributed by atoms with van der Waals surface area (Å²) in [4.78, 5) is 51.2. The van der Waals surface area contributed by atoms with Gasteiger partial charge in [-0.25, -0.2) is 0 Å². The Morgan fingerprint density at radius 2 is 1.70 bits per heavy atom. The highest BCUT2D eigenvalue weighted by Crippen LogP contribution is 2.54. The number of aliphatic hydroxyl groups excluding tert-OH is 2. The molecule has 5 N–H and O–H groups in total. The van der Waals surface area contributed by atoms with Crippen LogP contribution in [0.2, 0.25) is 0 Å². The molecule has 0 heterocycles. The number of aromatic hydroxyl groups is 1. The van der Waals surface area contributed by atoms with E-state index in [4.69, 9.17) is 0 Å². The van der Waals surface area contributed by atoms with E-state index in [-0.39, 0.29) is 41.8 Å². The molecule has 1 saturated carbocycles. The van der Waals surface area contributed by atoms with Crippen LogP contribution in [0.5, 0.6) is 5.75 Å². The van der Waals surface area contributed by atoms with E-state index in [0.29, 0.717) is 22.3 Å². The van der Waals surface area contributed by atoms with Crippen molar-refractivity contribution in [2.24, 2.45) is 11.8 Å². The Labute approximate surface area is 254 Å². The molecule has 0 bridgehead atoms. The molecule has 0 saturated heterocycles. The molecule has 5 rings (SSSR count). The molecule has 2 aromatic rings. The Morgan fingerprint density at radius 1 is 1.05 bits per heavy atom. The summed E-state index contributed by atoms with van der Waals surface area (Å²) in [6.45, 7) is 10.5. The molecule has 3 aliphatic carbocycles. The number of amides is 1. The van der Waals surface area contributed by atoms with E-state index in [2.05, 4.69) is 5.32 Å². The lowest BCUT2D eigenvalue weighted by Crippen LogP contribution is -2.58. The molecule has 3 aliphatic rings. The number of rotatable bonds is 3. The zero-order chi connectivity index (χ0) is 32.7. The number of nitro groups is 1. The lowest BCUT2D eigenvalue weighted by Gasteiger charge is -2.46. The first-order valence-corrected chi connectivity index (χ1v) is 14.4. The Kier molecular flexibility index (Phi) is 7.04. The standard InChI is InChI=1S/C33H36N2O9/c1-31(2,3)21-14-19(15-8-7-9-18(11-15)35(43)44)20-12-16-10-17-13-22(36)25(30(41)34-32(4,5)6)29(40)33(17,42)28(39)23(16)27(38)24(20)26(21)37/h7-9,11,14,16-17,37-38,40,42H,10,12-13H2,1-6H3,(H,34,41). The average Bonchev–Trinajstić information content (AvgIpc) is 2.89. The van der Waals surface area contributed by atoms with Crippen molar-refractivity contribution < 1.29 is 39.7 Å². The molecule has 232 valence electrons. The second-order valence-corrected chi connectivity index (χ2v) is 14.0. The van der Waals surface area contributed by atoms with E-state index in [0.717, 1.165) is 0 Å². The fourth-order valence-corrected chi connectivity index (χ4v) is 6.69. The van der Waals surface area contributed by atoms with Crippen molar-refractivity contribution >= 4 is 28.9 Å². The van der Waals surface area contributed by atoms with Gasteiger partial charge >= 0.3 is 0 Å². The number of hydrogen-bond acceptors (Lipinski definition) is 9. The van der Waals surface area contributed by atoms with E-state index in [1.165, 1.54) is 18.2 Å². The number of carbonyl (C=O) groups excluding carboxylic acids is 3. The first kappa shape index (κ1) is 30.9. The first-order chi connectivity index (χ1) is 20.3. The first-order valence-electron chi connectivity index (χ1n) is 14.4. The van der Waals surface area contributed by atoms with Crippen molar-refractivity contribution in [3.63, 3.8) is 0 Å². The Hall–Kier alpha value is -4.51. The predicted octanol–water partition coefficient (Wildman–Crippen LogP) is 4.73. The Balaban J connectivity index is 1.74. The highest BCUT2D eigenvalue weighted by Gasteiger charge is 2.60. The minimum absolute atomic E-state index is 0.00120. The highest BCUT2D eigenvalue weighted by atomic mass is 16.6. The Bertz CT molecular complexity index is 1720. The van der Waals surface area contributed by atoms with Gasteiger partial charge in [0, 0.05) is 41.1 Å². The van der Waals surface area contributed by atoms with Crippen LogP contribution in [-0.4, -0.2) is 54.0 Å². The number of nitrogens with one attached hydrogen (secondary N) is 1. The van der Waals surface area contributed by atoms with Crippen LogP contribution in [0.3, 0.4) is 0 Å². The third-order valence-corrected chi connectivity index (χ3v) is 8.71. The van der Waals surface area contributed by atoms with E-state index in [9.17, 15) is 44.9 Å². The minimum Gasteiger partial charge on any atom is -0.508 e. The molecule has 1 fully saturated rings. The van der Waals surface area contributed by atoms with Crippen LogP contribution in [0.1, 0.15) is 71.1 Å². The number of Topliss-reactive ketones (excluding diaryl/α,β-unsaturated/α-hetero) is 2. The van der Waals surface area contributed by atoms with Crippen LogP contribution in [0.15, 0.2) is 47.2 Å². The number of benzene rings is 2. The van der Waals surface area contributed by atoms with E-state index in [1.807, 2.05) is 20.8 Å². The van der Waals surface area contributed by atoms with Crippen molar-refractivity contribution in [2.75, 3.05) is 0 Å². The van der Waals surface area contributed by atoms with Gasteiger partial charge in [-0.05, 0) is 67.7 Å². The van der Waals surface area contributed by atoms with Crippen molar-refractivity contribution in [3.8, 4) is 16.9 Å². The molecule has 0 spiro atoms. The van der Waals surface area contributed by atoms with Crippen molar-refractivity contribution in [1.29, 1.82) is 0 Å². The molecular weight excluding hydrogens is 568 g/mol. The minimum atomic E-state index is -2.64. The van der Waals surface area contributed by atoms with Gasteiger partial charge in [0.2, 0.25) is 5.78 Å². The number of fused-ring (bicyclic) bond motifs is 3. The molecular formula is C33H36N2O9. The van der Waals surface area contributed by atoms with Crippen LogP contribution in [0, 0.1) is 22.0 Å². The van der Waals surface area contributed by atoms with Gasteiger partial charge in [-0.3, -0.25) is 24.5 Å². The SMILES string of the molecule is CC(C)(C)NC(=O)C1=C(O)C2(O)C(=O)C3=C(O)c4c(O)c(C(C)(C)C)cc(-c5cccc([N+](=O)[O-])c5)c4CC3CC2CC1=O. The third kappa shape index (κ3) is 4.75. The lowest BCUT2D eigenvalue weighted by molar-refractivity contribution is -0.384. The number of nitro benzene ring substituents is 1. The monoisotopic (exact) mass is 604 g/mol. The Morgan fingerprint density at radius 3 is 2.30 bits per heavy atom. The predicted molar refractivity (Wildman–Crippen MR) is 161 cm³/mol. The van der Waals surface area contributed by atoms with Gasteiger partial charge in [-0.2, -0.15) is 0 Å². The summed E-state index contributed by atoms with van der Waals surface area (Å²) < 4.78 is 0. The summed E-state index contributed by atoms with van der Waals surface area (Å²) in [6.07, 6.45) is -0.289. The summed E-state index contributed by atoms with van der Waals surface area (Å²) >= 11 is 0. The van der Waals surface area contributed by atoms with Gasteiger partial charge in [0.05, 0.1) is 10.5 Å². The average molecular weight is 605 g/mol. The maximum absolute atomic E-state index is 14.1. The number of ketones is 2. The van der Waals surface area contributed by atoms with E-state index < -0.39 is 67.9 Å². The molecule has 11 heteroatoms. The smallest absolute Gasteiger partial charge is 0.270 e. The molecule has 0 aliphatic heterocycles. The maximum atomic E-state index is 14.1. The highest BCUT2D eigenvalue weighted by molar-refractivity contribution is 6.23. The summed E-state index contributed by atoms with van der Waals surface area (Å²) in [5.74, 6) is -6.42. The van der Waals surface area contributed by atoms with Crippen molar-refractivity contribution in [2.45, 2.75) is 77.4 Å². The zero-order valence-electron chi connectivity index (χ0n) is 25.4. The lowest BCUT2D eigenvalue weighted by atomic mass is 9.59. The number of non-ortho nitro benzene ring substituents is 1. The van der Waals surface area contributed by atoms with Gasteiger partial charge < -0.3 is 25.7 Å². The second-order valence-electron chi connectivity index (χ2n) is 14.0. The molecule has 1 amide bonds. The number of nitrogens with zero attached hydrogens (tertiary/aromatic N) is 1. The third-order valence-electron chi connectivity index (χ3n) is 8.71. The topological polar surface area (TPSA) is 187 Å². The number of phenolic OH excluding ortho intramolecular Hbond substituents is 1. The van der Waals surface area contributed by atoms with Crippen LogP contribution in [0.4, 0.5) is 5.69 Å². The zero-order valence-corrected chi connectivity index (χ0v) is 25.4. The summed E-state index contributed by atoms with van der Waals surface area (Å²) in [5.41, 5.74) is -3.33.